The molecule has 1 fully saturated rings. The molecule has 1 aliphatic heterocycles. The Morgan fingerprint density at radius 1 is 1.50 bits per heavy atom. The van der Waals surface area contributed by atoms with Crippen LogP contribution in [0.2, 0.25) is 0 Å². The van der Waals surface area contributed by atoms with Crippen molar-refractivity contribution >= 4 is 33.8 Å². The van der Waals surface area contributed by atoms with E-state index in [1.54, 1.807) is 10.4 Å². The van der Waals surface area contributed by atoms with Crippen LogP contribution < -0.4 is 5.32 Å². The predicted molar refractivity (Wildman–Crippen MR) is 77.1 cm³/mol. The van der Waals surface area contributed by atoms with E-state index in [-0.39, 0.29) is 18.4 Å². The van der Waals surface area contributed by atoms with Gasteiger partial charge in [0.25, 0.3) is 10.0 Å². The molecule has 4 nitrogen and oxygen atoms in total. The number of rotatable bonds is 4. The summed E-state index contributed by atoms with van der Waals surface area (Å²) in [5, 5.41) is 3.07. The van der Waals surface area contributed by atoms with Gasteiger partial charge in [0.15, 0.2) is 0 Å². The first-order valence-electron chi connectivity index (χ1n) is 5.78. The van der Waals surface area contributed by atoms with Crippen molar-refractivity contribution in [3.05, 3.63) is 17.0 Å². The van der Waals surface area contributed by atoms with Crippen molar-refractivity contribution in [2.45, 2.75) is 30.0 Å². The largest absolute Gasteiger partial charge is 0.318 e. The Balaban J connectivity index is 0.00000162. The highest BCUT2D eigenvalue weighted by molar-refractivity contribution is 7.91. The maximum Gasteiger partial charge on any atom is 0.252 e. The van der Waals surface area contributed by atoms with Crippen molar-refractivity contribution in [1.82, 2.24) is 9.62 Å². The summed E-state index contributed by atoms with van der Waals surface area (Å²) in [5.74, 6) is 0. The second-order valence-electron chi connectivity index (χ2n) is 4.33. The van der Waals surface area contributed by atoms with Gasteiger partial charge in [-0.3, -0.25) is 0 Å². The zero-order valence-corrected chi connectivity index (χ0v) is 13.0. The summed E-state index contributed by atoms with van der Waals surface area (Å²) < 4.78 is 27.0. The van der Waals surface area contributed by atoms with Gasteiger partial charge >= 0.3 is 0 Å². The third-order valence-corrected chi connectivity index (χ3v) is 6.46. The van der Waals surface area contributed by atoms with Gasteiger partial charge in [0, 0.05) is 24.0 Å². The van der Waals surface area contributed by atoms with Crippen molar-refractivity contribution in [2.24, 2.45) is 0 Å². The van der Waals surface area contributed by atoms with E-state index in [9.17, 15) is 8.42 Å². The molecule has 1 saturated heterocycles. The standard InChI is InChI=1S/C11H18N2O2S2.ClH/c1-9-5-6-11(16-9)17(14,15)13-7-3-4-10(13)8-12-2;/h5-6,10,12H,3-4,7-8H2,1-2H3;1H. The van der Waals surface area contributed by atoms with E-state index < -0.39 is 10.0 Å². The Morgan fingerprint density at radius 2 is 2.22 bits per heavy atom. The average molecular weight is 311 g/mol. The van der Waals surface area contributed by atoms with Crippen molar-refractivity contribution in [1.29, 1.82) is 0 Å². The molecule has 104 valence electrons. The molecule has 0 bridgehead atoms. The molecular weight excluding hydrogens is 292 g/mol. The lowest BCUT2D eigenvalue weighted by atomic mass is 10.2. The normalized spacial score (nSPS) is 20.9. The quantitative estimate of drug-likeness (QED) is 0.923. The summed E-state index contributed by atoms with van der Waals surface area (Å²) in [6.07, 6.45) is 1.90. The number of nitrogens with zero attached hydrogens (tertiary/aromatic N) is 1. The third kappa shape index (κ3) is 3.05. The molecule has 7 heteroatoms. The van der Waals surface area contributed by atoms with Crippen LogP contribution in [-0.4, -0.2) is 38.9 Å². The first-order chi connectivity index (χ1) is 8.05. The molecular formula is C11H19ClN2O2S2. The Labute approximate surface area is 119 Å². The van der Waals surface area contributed by atoms with Gasteiger partial charge in [-0.15, -0.1) is 23.7 Å². The molecule has 0 aromatic carbocycles. The Bertz CT molecular complexity index is 487. The summed E-state index contributed by atoms with van der Waals surface area (Å²) in [6.45, 7) is 3.30. The number of aryl methyl sites for hydroxylation is 1. The van der Waals surface area contributed by atoms with E-state index in [4.69, 9.17) is 0 Å². The number of hydrogen-bond acceptors (Lipinski definition) is 4. The smallest absolute Gasteiger partial charge is 0.252 e. The molecule has 0 spiro atoms. The molecule has 1 atom stereocenters. The molecule has 1 aromatic rings. The molecule has 0 aliphatic carbocycles. The number of halogens is 1. The van der Waals surface area contributed by atoms with Crippen LogP contribution in [0.4, 0.5) is 0 Å². The molecule has 1 aliphatic rings. The van der Waals surface area contributed by atoms with Crippen LogP contribution in [-0.2, 0) is 10.0 Å². The first kappa shape index (κ1) is 15.9. The van der Waals surface area contributed by atoms with Crippen LogP contribution in [0.3, 0.4) is 0 Å². The molecule has 1 unspecified atom stereocenters. The van der Waals surface area contributed by atoms with Gasteiger partial charge < -0.3 is 5.32 Å². The summed E-state index contributed by atoms with van der Waals surface area (Å²) in [5.41, 5.74) is 0. The zero-order chi connectivity index (χ0) is 12.5. The first-order valence-corrected chi connectivity index (χ1v) is 8.04. The number of hydrogen-bond donors (Lipinski definition) is 1. The van der Waals surface area contributed by atoms with Crippen LogP contribution in [0, 0.1) is 6.92 Å². The van der Waals surface area contributed by atoms with Crippen LogP contribution in [0.15, 0.2) is 16.3 Å². The highest BCUT2D eigenvalue weighted by Gasteiger charge is 2.35. The summed E-state index contributed by atoms with van der Waals surface area (Å²) in [6, 6.07) is 3.68. The number of likely N-dealkylation sites (N-methyl/N-ethyl adjacent to an activating group) is 1. The Kier molecular flexibility index (Phi) is 5.61. The lowest BCUT2D eigenvalue weighted by Gasteiger charge is -2.22. The molecule has 1 aromatic heterocycles. The molecule has 0 saturated carbocycles. The fraction of sp³-hybridized carbons (Fsp3) is 0.636. The minimum absolute atomic E-state index is 0. The van der Waals surface area contributed by atoms with Crippen LogP contribution >= 0.6 is 23.7 Å². The molecule has 1 N–H and O–H groups in total. The minimum Gasteiger partial charge on any atom is -0.318 e. The van der Waals surface area contributed by atoms with E-state index in [0.717, 1.165) is 24.3 Å². The maximum atomic E-state index is 12.4. The summed E-state index contributed by atoms with van der Waals surface area (Å²) in [4.78, 5) is 1.04. The van der Waals surface area contributed by atoms with Crippen LogP contribution in [0.1, 0.15) is 17.7 Å². The molecule has 0 radical (unpaired) electrons. The van der Waals surface area contributed by atoms with Crippen LogP contribution in [0.5, 0.6) is 0 Å². The Hall–Kier alpha value is -0.140. The third-order valence-electron chi connectivity index (χ3n) is 3.04. The van der Waals surface area contributed by atoms with Crippen LogP contribution in [0.25, 0.3) is 0 Å². The molecule has 2 rings (SSSR count). The lowest BCUT2D eigenvalue weighted by molar-refractivity contribution is 0.380. The highest BCUT2D eigenvalue weighted by Crippen LogP contribution is 2.29. The fourth-order valence-corrected chi connectivity index (χ4v) is 5.34. The number of sulfonamides is 1. The van der Waals surface area contributed by atoms with Crippen molar-refractivity contribution in [2.75, 3.05) is 20.1 Å². The second-order valence-corrected chi connectivity index (χ2v) is 7.74. The van der Waals surface area contributed by atoms with E-state index in [1.807, 2.05) is 20.0 Å². The molecule has 18 heavy (non-hydrogen) atoms. The lowest BCUT2D eigenvalue weighted by Crippen LogP contribution is -2.40. The molecule has 0 amide bonds. The van der Waals surface area contributed by atoms with E-state index in [0.29, 0.717) is 10.8 Å². The average Bonchev–Trinajstić information content (AvgIpc) is 2.87. The van der Waals surface area contributed by atoms with E-state index in [1.165, 1.54) is 11.3 Å². The number of thiophene rings is 1. The fourth-order valence-electron chi connectivity index (χ4n) is 2.23. The van der Waals surface area contributed by atoms with Gasteiger partial charge in [-0.1, -0.05) is 0 Å². The van der Waals surface area contributed by atoms with Gasteiger partial charge in [0.05, 0.1) is 0 Å². The Morgan fingerprint density at radius 3 is 2.78 bits per heavy atom. The number of nitrogens with one attached hydrogen (secondary N) is 1. The second kappa shape index (κ2) is 6.34. The van der Waals surface area contributed by atoms with Gasteiger partial charge in [-0.05, 0) is 38.9 Å². The summed E-state index contributed by atoms with van der Waals surface area (Å²) in [7, 11) is -1.42. The van der Waals surface area contributed by atoms with Crippen molar-refractivity contribution < 1.29 is 8.42 Å². The van der Waals surface area contributed by atoms with Gasteiger partial charge in [0.1, 0.15) is 4.21 Å². The highest BCUT2D eigenvalue weighted by atomic mass is 35.5. The SMILES string of the molecule is CNCC1CCCN1S(=O)(=O)c1ccc(C)s1.Cl. The van der Waals surface area contributed by atoms with Crippen molar-refractivity contribution in [3.8, 4) is 0 Å². The van der Waals surface area contributed by atoms with Crippen molar-refractivity contribution in [3.63, 3.8) is 0 Å². The topological polar surface area (TPSA) is 49.4 Å². The monoisotopic (exact) mass is 310 g/mol. The van der Waals surface area contributed by atoms with Gasteiger partial charge in [-0.25, -0.2) is 8.42 Å². The minimum atomic E-state index is -3.28. The van der Waals surface area contributed by atoms with E-state index >= 15 is 0 Å². The molecule has 2 heterocycles. The maximum absolute atomic E-state index is 12.4. The van der Waals surface area contributed by atoms with Gasteiger partial charge in [-0.2, -0.15) is 4.31 Å². The van der Waals surface area contributed by atoms with Gasteiger partial charge in [0.2, 0.25) is 0 Å². The summed E-state index contributed by atoms with van der Waals surface area (Å²) >= 11 is 1.35. The predicted octanol–water partition coefficient (Wildman–Crippen LogP) is 1.85. The van der Waals surface area contributed by atoms with E-state index in [2.05, 4.69) is 5.32 Å². The zero-order valence-electron chi connectivity index (χ0n) is 10.5.